The molecule has 0 aliphatic heterocycles. The summed E-state index contributed by atoms with van der Waals surface area (Å²) in [4.78, 5) is 0. The molecule has 0 radical (unpaired) electrons. The van der Waals surface area contributed by atoms with Crippen LogP contribution in [-0.4, -0.2) is 0 Å². The van der Waals surface area contributed by atoms with Gasteiger partial charge in [0.05, 0.1) is 0 Å². The van der Waals surface area contributed by atoms with E-state index in [0.717, 1.165) is 11.1 Å². The predicted octanol–water partition coefficient (Wildman–Crippen LogP) is 5.16. The standard InChI is InChI=1S/C14H9ClF2/c15-14(17)13(16)12-8-6-11(7-9-12)10-4-2-1-3-5-10/h1-9H/b14-13-. The monoisotopic (exact) mass is 250 g/mol. The molecule has 0 fully saturated rings. The topological polar surface area (TPSA) is 0 Å². The second-order valence-corrected chi connectivity index (χ2v) is 3.85. The molecule has 2 aromatic carbocycles. The van der Waals surface area contributed by atoms with Crippen molar-refractivity contribution in [3.63, 3.8) is 0 Å². The first-order valence-corrected chi connectivity index (χ1v) is 5.43. The van der Waals surface area contributed by atoms with Gasteiger partial charge in [0, 0.05) is 5.56 Å². The van der Waals surface area contributed by atoms with Crippen LogP contribution in [0.2, 0.25) is 0 Å². The van der Waals surface area contributed by atoms with E-state index < -0.39 is 11.1 Å². The summed E-state index contributed by atoms with van der Waals surface area (Å²) < 4.78 is 25.6. The number of hydrogen-bond acceptors (Lipinski definition) is 0. The van der Waals surface area contributed by atoms with Crippen molar-refractivity contribution in [1.82, 2.24) is 0 Å². The first kappa shape index (κ1) is 11.8. The second kappa shape index (κ2) is 5.11. The van der Waals surface area contributed by atoms with E-state index in [2.05, 4.69) is 0 Å². The lowest BCUT2D eigenvalue weighted by Crippen LogP contribution is -1.81. The lowest BCUT2D eigenvalue weighted by atomic mass is 10.0. The largest absolute Gasteiger partial charge is 0.225 e. The molecule has 17 heavy (non-hydrogen) atoms. The van der Waals surface area contributed by atoms with E-state index in [9.17, 15) is 8.78 Å². The summed E-state index contributed by atoms with van der Waals surface area (Å²) in [6, 6.07) is 16.1. The van der Waals surface area contributed by atoms with E-state index in [1.807, 2.05) is 30.3 Å². The molecule has 0 saturated carbocycles. The van der Waals surface area contributed by atoms with E-state index in [1.54, 1.807) is 12.1 Å². The van der Waals surface area contributed by atoms with E-state index >= 15 is 0 Å². The van der Waals surface area contributed by atoms with Crippen molar-refractivity contribution >= 4 is 17.4 Å². The van der Waals surface area contributed by atoms with Gasteiger partial charge >= 0.3 is 0 Å². The molecule has 0 amide bonds. The van der Waals surface area contributed by atoms with Gasteiger partial charge in [0.1, 0.15) is 0 Å². The van der Waals surface area contributed by atoms with Gasteiger partial charge in [0.25, 0.3) is 0 Å². The fourth-order valence-electron chi connectivity index (χ4n) is 1.55. The Bertz CT molecular complexity index is 526. The molecule has 0 heterocycles. The minimum absolute atomic E-state index is 0.136. The summed E-state index contributed by atoms with van der Waals surface area (Å²) in [5.74, 6) is -1.04. The number of benzene rings is 2. The van der Waals surface area contributed by atoms with Crippen molar-refractivity contribution < 1.29 is 8.78 Å². The Hall–Kier alpha value is -1.67. The highest BCUT2D eigenvalue weighted by Gasteiger charge is 2.06. The summed E-state index contributed by atoms with van der Waals surface area (Å²) in [6.45, 7) is 0. The van der Waals surface area contributed by atoms with Gasteiger partial charge in [0.2, 0.25) is 5.29 Å². The first-order valence-electron chi connectivity index (χ1n) is 5.05. The van der Waals surface area contributed by atoms with Gasteiger partial charge in [-0.25, -0.2) is 4.39 Å². The average molecular weight is 251 g/mol. The number of rotatable bonds is 2. The fraction of sp³-hybridized carbons (Fsp3) is 0. The van der Waals surface area contributed by atoms with Crippen LogP contribution >= 0.6 is 11.6 Å². The second-order valence-electron chi connectivity index (χ2n) is 3.52. The van der Waals surface area contributed by atoms with Gasteiger partial charge in [-0.05, 0) is 22.7 Å². The Morgan fingerprint density at radius 1 is 0.765 bits per heavy atom. The number of hydrogen-bond donors (Lipinski definition) is 0. The Morgan fingerprint density at radius 2 is 1.29 bits per heavy atom. The molecule has 2 aromatic rings. The van der Waals surface area contributed by atoms with Gasteiger partial charge < -0.3 is 0 Å². The highest BCUT2D eigenvalue weighted by atomic mass is 35.5. The minimum atomic E-state index is -1.32. The molecule has 0 saturated heterocycles. The molecule has 0 unspecified atom stereocenters. The smallest absolute Gasteiger partial charge is 0.202 e. The SMILES string of the molecule is F/C(Cl)=C(\F)c1ccc(-c2ccccc2)cc1. The van der Waals surface area contributed by atoms with Crippen LogP contribution in [0.3, 0.4) is 0 Å². The fourth-order valence-corrected chi connectivity index (χ4v) is 1.66. The molecule has 0 aliphatic carbocycles. The van der Waals surface area contributed by atoms with Crippen LogP contribution in [0.25, 0.3) is 17.0 Å². The molecular weight excluding hydrogens is 242 g/mol. The molecule has 0 aromatic heterocycles. The molecule has 3 heteroatoms. The van der Waals surface area contributed by atoms with Crippen molar-refractivity contribution in [3.8, 4) is 11.1 Å². The minimum Gasteiger partial charge on any atom is -0.202 e. The Morgan fingerprint density at radius 3 is 1.82 bits per heavy atom. The van der Waals surface area contributed by atoms with Gasteiger partial charge in [-0.2, -0.15) is 4.39 Å². The van der Waals surface area contributed by atoms with Crippen LogP contribution in [0.15, 0.2) is 59.9 Å². The summed E-state index contributed by atoms with van der Waals surface area (Å²) in [5, 5.41) is -1.32. The van der Waals surface area contributed by atoms with E-state index in [-0.39, 0.29) is 5.56 Å². The maximum atomic E-state index is 13.2. The van der Waals surface area contributed by atoms with Crippen molar-refractivity contribution in [1.29, 1.82) is 0 Å². The van der Waals surface area contributed by atoms with Crippen molar-refractivity contribution in [3.05, 3.63) is 65.4 Å². The third kappa shape index (κ3) is 2.71. The predicted molar refractivity (Wildman–Crippen MR) is 66.9 cm³/mol. The van der Waals surface area contributed by atoms with E-state index in [4.69, 9.17) is 11.6 Å². The van der Waals surface area contributed by atoms with Crippen LogP contribution in [0, 0.1) is 0 Å². The Balaban J connectivity index is 2.35. The molecule has 0 N–H and O–H groups in total. The van der Waals surface area contributed by atoms with Gasteiger partial charge in [-0.1, -0.05) is 54.6 Å². The van der Waals surface area contributed by atoms with Gasteiger partial charge in [-0.3, -0.25) is 0 Å². The Kier molecular flexibility index (Phi) is 3.55. The zero-order valence-corrected chi connectivity index (χ0v) is 9.59. The summed E-state index contributed by atoms with van der Waals surface area (Å²) >= 11 is 4.96. The Labute approximate surface area is 103 Å². The van der Waals surface area contributed by atoms with E-state index in [1.165, 1.54) is 12.1 Å². The number of halogens is 3. The summed E-state index contributed by atoms with van der Waals surface area (Å²) in [7, 11) is 0. The third-order valence-electron chi connectivity index (χ3n) is 2.41. The average Bonchev–Trinajstić information content (AvgIpc) is 2.39. The van der Waals surface area contributed by atoms with Crippen LogP contribution in [0.5, 0.6) is 0 Å². The van der Waals surface area contributed by atoms with Crippen molar-refractivity contribution in [2.75, 3.05) is 0 Å². The van der Waals surface area contributed by atoms with Crippen LogP contribution in [-0.2, 0) is 0 Å². The molecule has 86 valence electrons. The quantitative estimate of drug-likeness (QED) is 0.691. The van der Waals surface area contributed by atoms with Gasteiger partial charge in [0.15, 0.2) is 5.83 Å². The zero-order chi connectivity index (χ0) is 12.3. The maximum Gasteiger partial charge on any atom is 0.225 e. The first-order chi connectivity index (χ1) is 8.18. The van der Waals surface area contributed by atoms with Crippen LogP contribution < -0.4 is 0 Å². The summed E-state index contributed by atoms with van der Waals surface area (Å²) in [6.07, 6.45) is 0. The molecule has 0 atom stereocenters. The van der Waals surface area contributed by atoms with Crippen LogP contribution in [0.4, 0.5) is 8.78 Å². The summed E-state index contributed by atoms with van der Waals surface area (Å²) in [5.41, 5.74) is 2.10. The highest BCUT2D eigenvalue weighted by Crippen LogP contribution is 2.26. The normalized spacial score (nSPS) is 12.2. The highest BCUT2D eigenvalue weighted by molar-refractivity contribution is 6.30. The maximum absolute atomic E-state index is 13.2. The van der Waals surface area contributed by atoms with Crippen LogP contribution in [0.1, 0.15) is 5.56 Å². The molecule has 0 aliphatic rings. The van der Waals surface area contributed by atoms with E-state index in [0.29, 0.717) is 0 Å². The molecule has 2 rings (SSSR count). The third-order valence-corrected chi connectivity index (χ3v) is 2.58. The van der Waals surface area contributed by atoms with Gasteiger partial charge in [-0.15, -0.1) is 0 Å². The molecule has 0 spiro atoms. The molecule has 0 bridgehead atoms. The lowest BCUT2D eigenvalue weighted by molar-refractivity contribution is 0.651. The van der Waals surface area contributed by atoms with Crippen molar-refractivity contribution in [2.45, 2.75) is 0 Å². The molecular formula is C14H9ClF2. The molecule has 0 nitrogen and oxygen atoms in total. The van der Waals surface area contributed by atoms with Crippen molar-refractivity contribution in [2.24, 2.45) is 0 Å². The zero-order valence-electron chi connectivity index (χ0n) is 8.83. The lowest BCUT2D eigenvalue weighted by Gasteiger charge is -2.02.